The van der Waals surface area contributed by atoms with Gasteiger partial charge in [-0.05, 0) is 13.0 Å². The Labute approximate surface area is 149 Å². The van der Waals surface area contributed by atoms with Gasteiger partial charge in [-0.3, -0.25) is 14.9 Å². The molecule has 1 unspecified atom stereocenters. The van der Waals surface area contributed by atoms with Crippen LogP contribution in [0, 0.1) is 0 Å². The number of rotatable bonds is 5. The lowest BCUT2D eigenvalue weighted by molar-refractivity contribution is -0.129. The van der Waals surface area contributed by atoms with Gasteiger partial charge in [-0.2, -0.15) is 5.10 Å². The van der Waals surface area contributed by atoms with Crippen molar-refractivity contribution >= 4 is 17.9 Å². The SMILES string of the molecule is CCNC(=O)NC(=O)C(OC(=O)c1ccc(=O)n(C)n1)c1ccccc1. The van der Waals surface area contributed by atoms with Crippen LogP contribution in [0.2, 0.25) is 0 Å². The maximum absolute atomic E-state index is 12.4. The minimum atomic E-state index is -1.36. The van der Waals surface area contributed by atoms with Crippen LogP contribution in [0.25, 0.3) is 0 Å². The molecule has 1 heterocycles. The highest BCUT2D eigenvalue weighted by atomic mass is 16.5. The molecule has 0 aliphatic heterocycles. The van der Waals surface area contributed by atoms with Crippen LogP contribution in [0.15, 0.2) is 47.3 Å². The van der Waals surface area contributed by atoms with E-state index in [1.54, 1.807) is 37.3 Å². The number of ether oxygens (including phenoxy) is 1. The highest BCUT2D eigenvalue weighted by Gasteiger charge is 2.27. The summed E-state index contributed by atoms with van der Waals surface area (Å²) in [5, 5.41) is 8.32. The Kier molecular flexibility index (Phi) is 6.20. The molecule has 136 valence electrons. The summed E-state index contributed by atoms with van der Waals surface area (Å²) >= 11 is 0. The average molecular weight is 358 g/mol. The molecule has 0 bridgehead atoms. The zero-order valence-corrected chi connectivity index (χ0v) is 14.3. The largest absolute Gasteiger partial charge is 0.442 e. The molecule has 26 heavy (non-hydrogen) atoms. The van der Waals surface area contributed by atoms with Gasteiger partial charge in [0, 0.05) is 25.2 Å². The van der Waals surface area contributed by atoms with Crippen molar-refractivity contribution in [3.63, 3.8) is 0 Å². The summed E-state index contributed by atoms with van der Waals surface area (Å²) in [7, 11) is 1.38. The lowest BCUT2D eigenvalue weighted by Gasteiger charge is -2.17. The van der Waals surface area contributed by atoms with Crippen molar-refractivity contribution in [2.75, 3.05) is 6.54 Å². The molecule has 2 rings (SSSR count). The van der Waals surface area contributed by atoms with Crippen LogP contribution in [0.4, 0.5) is 4.79 Å². The predicted molar refractivity (Wildman–Crippen MR) is 91.3 cm³/mol. The number of aryl methyl sites for hydroxylation is 1. The summed E-state index contributed by atoms with van der Waals surface area (Å²) in [6, 6.07) is 9.91. The average Bonchev–Trinajstić information content (AvgIpc) is 2.62. The van der Waals surface area contributed by atoms with Gasteiger partial charge in [0.2, 0.25) is 6.10 Å². The minimum absolute atomic E-state index is 0.140. The minimum Gasteiger partial charge on any atom is -0.442 e. The number of hydrogen-bond acceptors (Lipinski definition) is 6. The van der Waals surface area contributed by atoms with Crippen LogP contribution < -0.4 is 16.2 Å². The van der Waals surface area contributed by atoms with Crippen molar-refractivity contribution in [3.8, 4) is 0 Å². The number of benzene rings is 1. The summed E-state index contributed by atoms with van der Waals surface area (Å²) in [5.74, 6) is -1.71. The highest BCUT2D eigenvalue weighted by molar-refractivity contribution is 5.98. The molecule has 0 saturated heterocycles. The van der Waals surface area contributed by atoms with Crippen molar-refractivity contribution in [3.05, 3.63) is 64.1 Å². The van der Waals surface area contributed by atoms with Crippen molar-refractivity contribution in [2.24, 2.45) is 7.05 Å². The fourth-order valence-electron chi connectivity index (χ4n) is 2.06. The maximum atomic E-state index is 12.4. The summed E-state index contributed by atoms with van der Waals surface area (Å²) in [5.41, 5.74) is -0.151. The van der Waals surface area contributed by atoms with E-state index in [0.29, 0.717) is 12.1 Å². The first-order valence-electron chi connectivity index (χ1n) is 7.81. The third-order valence-corrected chi connectivity index (χ3v) is 3.31. The third-order valence-electron chi connectivity index (χ3n) is 3.31. The lowest BCUT2D eigenvalue weighted by atomic mass is 10.1. The number of hydrogen-bond donors (Lipinski definition) is 2. The van der Waals surface area contributed by atoms with Crippen LogP contribution in [0.5, 0.6) is 0 Å². The van der Waals surface area contributed by atoms with Gasteiger partial charge in [0.05, 0.1) is 0 Å². The summed E-state index contributed by atoms with van der Waals surface area (Å²) in [6.45, 7) is 2.03. The first-order valence-corrected chi connectivity index (χ1v) is 7.81. The van der Waals surface area contributed by atoms with Crippen molar-refractivity contribution in [1.29, 1.82) is 0 Å². The molecule has 3 amide bonds. The molecule has 0 saturated carbocycles. The van der Waals surface area contributed by atoms with Gasteiger partial charge in [-0.25, -0.2) is 14.3 Å². The molecule has 0 aliphatic rings. The van der Waals surface area contributed by atoms with Crippen LogP contribution >= 0.6 is 0 Å². The Hall–Kier alpha value is -3.49. The zero-order chi connectivity index (χ0) is 19.1. The summed E-state index contributed by atoms with van der Waals surface area (Å²) in [6.07, 6.45) is -1.36. The van der Waals surface area contributed by atoms with Crippen LogP contribution in [-0.2, 0) is 16.6 Å². The molecule has 2 aromatic rings. The topological polar surface area (TPSA) is 119 Å². The van der Waals surface area contributed by atoms with E-state index in [9.17, 15) is 19.2 Å². The van der Waals surface area contributed by atoms with Gasteiger partial charge in [0.25, 0.3) is 11.5 Å². The van der Waals surface area contributed by atoms with Gasteiger partial charge in [-0.15, -0.1) is 0 Å². The Morgan fingerprint density at radius 3 is 2.46 bits per heavy atom. The molecular weight excluding hydrogens is 340 g/mol. The Morgan fingerprint density at radius 2 is 1.85 bits per heavy atom. The Bertz CT molecular complexity index is 863. The number of aromatic nitrogens is 2. The first kappa shape index (κ1) is 18.8. The van der Waals surface area contributed by atoms with E-state index in [0.717, 1.165) is 10.7 Å². The summed E-state index contributed by atoms with van der Waals surface area (Å²) < 4.78 is 6.22. The molecule has 0 aliphatic carbocycles. The number of nitrogens with one attached hydrogen (secondary N) is 2. The second-order valence-corrected chi connectivity index (χ2v) is 5.23. The fraction of sp³-hybridized carbons (Fsp3) is 0.235. The van der Waals surface area contributed by atoms with E-state index < -0.39 is 29.6 Å². The van der Waals surface area contributed by atoms with Crippen LogP contribution in [-0.4, -0.2) is 34.2 Å². The van der Waals surface area contributed by atoms with Crippen LogP contribution in [0.1, 0.15) is 29.1 Å². The second kappa shape index (κ2) is 8.56. The van der Waals surface area contributed by atoms with E-state index in [1.165, 1.54) is 13.1 Å². The lowest BCUT2D eigenvalue weighted by Crippen LogP contribution is -2.42. The molecular formula is C17H18N4O5. The number of urea groups is 1. The highest BCUT2D eigenvalue weighted by Crippen LogP contribution is 2.19. The van der Waals surface area contributed by atoms with E-state index >= 15 is 0 Å². The zero-order valence-electron chi connectivity index (χ0n) is 14.3. The molecule has 9 nitrogen and oxygen atoms in total. The maximum Gasteiger partial charge on any atom is 0.359 e. The van der Waals surface area contributed by atoms with Crippen molar-refractivity contribution < 1.29 is 19.1 Å². The standard InChI is InChI=1S/C17H18N4O5/c1-3-18-17(25)19-15(23)14(11-7-5-4-6-8-11)26-16(24)12-9-10-13(22)21(2)20-12/h4-10,14H,3H2,1-2H3,(H2,18,19,23,25). The summed E-state index contributed by atoms with van der Waals surface area (Å²) in [4.78, 5) is 47.7. The Balaban J connectivity index is 2.24. The van der Waals surface area contributed by atoms with Crippen molar-refractivity contribution in [1.82, 2.24) is 20.4 Å². The molecule has 1 aromatic heterocycles. The normalized spacial score (nSPS) is 11.3. The quantitative estimate of drug-likeness (QED) is 0.752. The number of imide groups is 1. The molecule has 9 heteroatoms. The van der Waals surface area contributed by atoms with E-state index in [1.807, 2.05) is 0 Å². The van der Waals surface area contributed by atoms with E-state index in [2.05, 4.69) is 15.7 Å². The van der Waals surface area contributed by atoms with Gasteiger partial charge in [-0.1, -0.05) is 30.3 Å². The van der Waals surface area contributed by atoms with Gasteiger partial charge in [0.1, 0.15) is 0 Å². The smallest absolute Gasteiger partial charge is 0.359 e. The van der Waals surface area contributed by atoms with E-state index in [4.69, 9.17) is 4.74 Å². The number of carbonyl (C=O) groups is 3. The Morgan fingerprint density at radius 1 is 1.15 bits per heavy atom. The number of nitrogens with zero attached hydrogens (tertiary/aromatic N) is 2. The number of carbonyl (C=O) groups excluding carboxylic acids is 3. The van der Waals surface area contributed by atoms with E-state index in [-0.39, 0.29) is 5.69 Å². The number of esters is 1. The first-order chi connectivity index (χ1) is 12.4. The third kappa shape index (κ3) is 4.76. The van der Waals surface area contributed by atoms with Gasteiger partial charge < -0.3 is 10.1 Å². The van der Waals surface area contributed by atoms with Gasteiger partial charge in [0.15, 0.2) is 5.69 Å². The number of amides is 3. The second-order valence-electron chi connectivity index (χ2n) is 5.23. The molecule has 0 fully saturated rings. The van der Waals surface area contributed by atoms with Crippen LogP contribution in [0.3, 0.4) is 0 Å². The predicted octanol–water partition coefficient (Wildman–Crippen LogP) is 0.524. The molecule has 0 radical (unpaired) electrons. The monoisotopic (exact) mass is 358 g/mol. The van der Waals surface area contributed by atoms with Gasteiger partial charge >= 0.3 is 12.0 Å². The molecule has 0 spiro atoms. The molecule has 2 N–H and O–H groups in total. The fourth-order valence-corrected chi connectivity index (χ4v) is 2.06. The van der Waals surface area contributed by atoms with Crippen molar-refractivity contribution in [2.45, 2.75) is 13.0 Å². The molecule has 1 aromatic carbocycles. The molecule has 1 atom stereocenters.